The van der Waals surface area contributed by atoms with Crippen LogP contribution in [0, 0.1) is 4.77 Å². The summed E-state index contributed by atoms with van der Waals surface area (Å²) in [5.74, 6) is 1.20. The molecule has 130 valence electrons. The second kappa shape index (κ2) is 7.62. The molecule has 0 aliphatic heterocycles. The number of benzene rings is 1. The minimum absolute atomic E-state index is 0.177. The highest BCUT2D eigenvalue weighted by atomic mass is 32.1. The van der Waals surface area contributed by atoms with Gasteiger partial charge in [0, 0.05) is 11.8 Å². The highest BCUT2D eigenvalue weighted by Gasteiger charge is 2.21. The van der Waals surface area contributed by atoms with Gasteiger partial charge in [0.25, 0.3) is 0 Å². The molecule has 8 heteroatoms. The molecule has 0 radical (unpaired) electrons. The Labute approximate surface area is 154 Å². The molecule has 0 aliphatic carbocycles. The van der Waals surface area contributed by atoms with E-state index in [0.717, 1.165) is 4.88 Å². The minimum Gasteiger partial charge on any atom is -0.494 e. The van der Waals surface area contributed by atoms with Gasteiger partial charge in [-0.3, -0.25) is 14.5 Å². The number of aromatic nitrogens is 3. The van der Waals surface area contributed by atoms with Crippen LogP contribution >= 0.6 is 23.6 Å². The first-order chi connectivity index (χ1) is 12.1. The Kier molecular flexibility index (Phi) is 5.30. The Bertz CT molecular complexity index is 915. The summed E-state index contributed by atoms with van der Waals surface area (Å²) in [5, 5.41) is 11.9. The van der Waals surface area contributed by atoms with E-state index in [1.165, 1.54) is 0 Å². The van der Waals surface area contributed by atoms with Crippen LogP contribution in [0.25, 0.3) is 10.7 Å². The van der Waals surface area contributed by atoms with Crippen molar-refractivity contribution in [3.05, 3.63) is 46.5 Å². The van der Waals surface area contributed by atoms with Gasteiger partial charge in [-0.05, 0) is 49.6 Å². The van der Waals surface area contributed by atoms with Crippen molar-refractivity contribution in [3.8, 4) is 16.5 Å². The Morgan fingerprint density at radius 1 is 1.44 bits per heavy atom. The predicted octanol–water partition coefficient (Wildman–Crippen LogP) is 4.27. The van der Waals surface area contributed by atoms with E-state index in [9.17, 15) is 4.79 Å². The number of carbonyl (C=O) groups excluding carboxylic acids is 1. The average molecular weight is 374 g/mol. The molecule has 0 aliphatic rings. The third-order valence-corrected chi connectivity index (χ3v) is 4.78. The standard InChI is InChI=1S/C17H18N4O2S2/c1-3-23-13-7-4-6-12(10-13)18-16(22)11(2)21-15(19-20-17(21)24)14-8-5-9-25-14/h4-11H,3H2,1-2H3,(H,18,22)(H,20,24)/t11-/m0/s1. The van der Waals surface area contributed by atoms with E-state index < -0.39 is 6.04 Å². The van der Waals surface area contributed by atoms with E-state index in [2.05, 4.69) is 15.5 Å². The van der Waals surface area contributed by atoms with E-state index in [1.54, 1.807) is 28.9 Å². The van der Waals surface area contributed by atoms with Gasteiger partial charge in [-0.1, -0.05) is 12.1 Å². The second-order valence-corrected chi connectivity index (χ2v) is 6.66. The quantitative estimate of drug-likeness (QED) is 0.632. The van der Waals surface area contributed by atoms with Crippen LogP contribution in [0.2, 0.25) is 0 Å². The van der Waals surface area contributed by atoms with Crippen LogP contribution in [0.1, 0.15) is 19.9 Å². The highest BCUT2D eigenvalue weighted by molar-refractivity contribution is 7.71. The number of nitrogens with zero attached hydrogens (tertiary/aromatic N) is 2. The van der Waals surface area contributed by atoms with E-state index in [-0.39, 0.29) is 5.91 Å². The highest BCUT2D eigenvalue weighted by Crippen LogP contribution is 2.26. The Morgan fingerprint density at radius 2 is 2.28 bits per heavy atom. The fourth-order valence-corrected chi connectivity index (χ4v) is 3.44. The zero-order valence-electron chi connectivity index (χ0n) is 13.9. The molecule has 3 aromatic rings. The molecule has 0 fully saturated rings. The molecule has 1 aromatic carbocycles. The van der Waals surface area contributed by atoms with Crippen LogP contribution in [0.15, 0.2) is 41.8 Å². The molecule has 0 saturated heterocycles. The molecule has 1 amide bonds. The monoisotopic (exact) mass is 374 g/mol. The van der Waals surface area contributed by atoms with Crippen LogP contribution in [-0.4, -0.2) is 27.3 Å². The van der Waals surface area contributed by atoms with Crippen molar-refractivity contribution in [2.75, 3.05) is 11.9 Å². The van der Waals surface area contributed by atoms with E-state index >= 15 is 0 Å². The van der Waals surface area contributed by atoms with Crippen molar-refractivity contribution in [1.29, 1.82) is 0 Å². The SMILES string of the molecule is CCOc1cccc(NC(=O)[C@H](C)n2c(-c3cccs3)n[nH]c2=S)c1. The number of hydrogen-bond acceptors (Lipinski definition) is 5. The van der Waals surface area contributed by atoms with E-state index in [4.69, 9.17) is 17.0 Å². The van der Waals surface area contributed by atoms with Crippen molar-refractivity contribution < 1.29 is 9.53 Å². The van der Waals surface area contributed by atoms with Gasteiger partial charge in [0.2, 0.25) is 5.91 Å². The first-order valence-electron chi connectivity index (χ1n) is 7.84. The molecule has 0 spiro atoms. The topological polar surface area (TPSA) is 71.9 Å². The fourth-order valence-electron chi connectivity index (χ4n) is 2.44. The van der Waals surface area contributed by atoms with Gasteiger partial charge in [0.1, 0.15) is 11.8 Å². The number of H-pyrrole nitrogens is 1. The van der Waals surface area contributed by atoms with Crippen molar-refractivity contribution in [2.45, 2.75) is 19.9 Å². The van der Waals surface area contributed by atoms with Gasteiger partial charge < -0.3 is 10.1 Å². The third-order valence-electron chi connectivity index (χ3n) is 3.63. The third kappa shape index (κ3) is 3.80. The largest absolute Gasteiger partial charge is 0.494 e. The second-order valence-electron chi connectivity index (χ2n) is 5.33. The lowest BCUT2D eigenvalue weighted by Crippen LogP contribution is -2.24. The minimum atomic E-state index is -0.515. The van der Waals surface area contributed by atoms with Gasteiger partial charge in [-0.15, -0.1) is 11.3 Å². The maximum atomic E-state index is 12.7. The summed E-state index contributed by atoms with van der Waals surface area (Å²) in [6.07, 6.45) is 0. The number of hydrogen-bond donors (Lipinski definition) is 2. The van der Waals surface area contributed by atoms with Gasteiger partial charge >= 0.3 is 0 Å². The number of nitrogens with one attached hydrogen (secondary N) is 2. The smallest absolute Gasteiger partial charge is 0.247 e. The summed E-state index contributed by atoms with van der Waals surface area (Å²) in [7, 11) is 0. The average Bonchev–Trinajstić information content (AvgIpc) is 3.24. The number of amides is 1. The maximum absolute atomic E-state index is 12.7. The lowest BCUT2D eigenvalue weighted by molar-refractivity contribution is -0.118. The van der Waals surface area contributed by atoms with E-state index in [0.29, 0.717) is 28.6 Å². The van der Waals surface area contributed by atoms with Crippen LogP contribution in [0.5, 0.6) is 5.75 Å². The normalized spacial score (nSPS) is 11.9. The molecule has 1 atom stereocenters. The van der Waals surface area contributed by atoms with Crippen LogP contribution in [0.3, 0.4) is 0 Å². The molecule has 2 aromatic heterocycles. The van der Waals surface area contributed by atoms with Crippen molar-refractivity contribution >= 4 is 35.1 Å². The molecule has 2 N–H and O–H groups in total. The Hall–Kier alpha value is -2.45. The van der Waals surface area contributed by atoms with Crippen molar-refractivity contribution in [2.24, 2.45) is 0 Å². The zero-order chi connectivity index (χ0) is 17.8. The molecule has 0 bridgehead atoms. The lowest BCUT2D eigenvalue weighted by atomic mass is 10.2. The summed E-state index contributed by atoms with van der Waals surface area (Å²) in [5.41, 5.74) is 0.676. The van der Waals surface area contributed by atoms with Crippen LogP contribution in [0.4, 0.5) is 5.69 Å². The fraction of sp³-hybridized carbons (Fsp3) is 0.235. The maximum Gasteiger partial charge on any atom is 0.247 e. The number of ether oxygens (including phenoxy) is 1. The first-order valence-corrected chi connectivity index (χ1v) is 9.13. The lowest BCUT2D eigenvalue weighted by Gasteiger charge is -2.15. The predicted molar refractivity (Wildman–Crippen MR) is 102 cm³/mol. The zero-order valence-corrected chi connectivity index (χ0v) is 15.5. The summed E-state index contributed by atoms with van der Waals surface area (Å²) >= 11 is 6.86. The number of aromatic amines is 1. The van der Waals surface area contributed by atoms with Crippen LogP contribution in [-0.2, 0) is 4.79 Å². The van der Waals surface area contributed by atoms with Gasteiger partial charge in [-0.2, -0.15) is 5.10 Å². The van der Waals surface area contributed by atoms with Crippen molar-refractivity contribution in [3.63, 3.8) is 0 Å². The summed E-state index contributed by atoms with van der Waals surface area (Å²) < 4.78 is 7.60. The number of thiophene rings is 1. The van der Waals surface area contributed by atoms with E-state index in [1.807, 2.05) is 42.6 Å². The summed E-state index contributed by atoms with van der Waals surface area (Å²) in [4.78, 5) is 13.6. The van der Waals surface area contributed by atoms with Crippen molar-refractivity contribution in [1.82, 2.24) is 14.8 Å². The first kappa shape index (κ1) is 17.4. The number of anilines is 1. The Balaban J connectivity index is 1.83. The summed E-state index contributed by atoms with van der Waals surface area (Å²) in [6.45, 7) is 4.28. The molecule has 0 unspecified atom stereocenters. The number of carbonyl (C=O) groups is 1. The summed E-state index contributed by atoms with van der Waals surface area (Å²) in [6, 6.07) is 10.7. The van der Waals surface area contributed by atoms with Gasteiger partial charge in [0.05, 0.1) is 11.5 Å². The van der Waals surface area contributed by atoms with Crippen LogP contribution < -0.4 is 10.1 Å². The Morgan fingerprint density at radius 3 is 3.00 bits per heavy atom. The van der Waals surface area contributed by atoms with Gasteiger partial charge in [0.15, 0.2) is 10.6 Å². The molecule has 2 heterocycles. The molecular formula is C17H18N4O2S2. The number of rotatable bonds is 6. The molecular weight excluding hydrogens is 356 g/mol. The molecule has 6 nitrogen and oxygen atoms in total. The molecule has 25 heavy (non-hydrogen) atoms. The molecule has 0 saturated carbocycles. The molecule has 3 rings (SSSR count). The van der Waals surface area contributed by atoms with Gasteiger partial charge in [-0.25, -0.2) is 0 Å².